The first kappa shape index (κ1) is 14.5. The van der Waals surface area contributed by atoms with Crippen molar-refractivity contribution in [1.82, 2.24) is 0 Å². The van der Waals surface area contributed by atoms with Crippen LogP contribution < -0.4 is 10.5 Å². The SMILES string of the molecule is CCOC(=O)C(N)c1ccc(OC)c(C(C)C)c1. The smallest absolute Gasteiger partial charge is 0.327 e. The molecule has 0 aliphatic rings. The Morgan fingerprint density at radius 2 is 2.06 bits per heavy atom. The van der Waals surface area contributed by atoms with Crippen LogP contribution in [0.25, 0.3) is 0 Å². The Labute approximate surface area is 108 Å². The van der Waals surface area contributed by atoms with Crippen LogP contribution in [-0.4, -0.2) is 19.7 Å². The van der Waals surface area contributed by atoms with Crippen molar-refractivity contribution >= 4 is 5.97 Å². The van der Waals surface area contributed by atoms with Gasteiger partial charge in [0.2, 0.25) is 0 Å². The highest BCUT2D eigenvalue weighted by Crippen LogP contribution is 2.29. The number of carbonyl (C=O) groups excluding carboxylic acids is 1. The molecule has 0 aliphatic heterocycles. The fourth-order valence-corrected chi connectivity index (χ4v) is 1.77. The Balaban J connectivity index is 3.04. The van der Waals surface area contributed by atoms with Crippen molar-refractivity contribution in [2.75, 3.05) is 13.7 Å². The summed E-state index contributed by atoms with van der Waals surface area (Å²) in [5.41, 5.74) is 7.65. The van der Waals surface area contributed by atoms with Gasteiger partial charge in [-0.1, -0.05) is 19.9 Å². The van der Waals surface area contributed by atoms with Crippen molar-refractivity contribution in [3.8, 4) is 5.75 Å². The molecular formula is C14H21NO3. The highest BCUT2D eigenvalue weighted by atomic mass is 16.5. The molecule has 1 rings (SSSR count). The molecule has 4 nitrogen and oxygen atoms in total. The molecule has 18 heavy (non-hydrogen) atoms. The molecule has 0 bridgehead atoms. The lowest BCUT2D eigenvalue weighted by Crippen LogP contribution is -2.23. The van der Waals surface area contributed by atoms with Gasteiger partial charge in [-0.25, -0.2) is 4.79 Å². The normalized spacial score (nSPS) is 12.3. The van der Waals surface area contributed by atoms with Crippen LogP contribution in [0.4, 0.5) is 0 Å². The van der Waals surface area contributed by atoms with Crippen molar-refractivity contribution in [2.24, 2.45) is 5.73 Å². The minimum absolute atomic E-state index is 0.300. The summed E-state index contributed by atoms with van der Waals surface area (Å²) >= 11 is 0. The van der Waals surface area contributed by atoms with Crippen molar-refractivity contribution in [2.45, 2.75) is 32.7 Å². The summed E-state index contributed by atoms with van der Waals surface area (Å²) in [6, 6.07) is 4.80. The molecule has 0 heterocycles. The largest absolute Gasteiger partial charge is 0.496 e. The molecule has 100 valence electrons. The number of ether oxygens (including phenoxy) is 2. The molecule has 0 fully saturated rings. The van der Waals surface area contributed by atoms with Gasteiger partial charge in [-0.3, -0.25) is 0 Å². The molecule has 0 amide bonds. The number of esters is 1. The lowest BCUT2D eigenvalue weighted by atomic mass is 9.97. The van der Waals surface area contributed by atoms with Crippen molar-refractivity contribution < 1.29 is 14.3 Å². The Morgan fingerprint density at radius 3 is 2.56 bits per heavy atom. The lowest BCUT2D eigenvalue weighted by molar-refractivity contribution is -0.144. The second-order valence-electron chi connectivity index (χ2n) is 4.39. The summed E-state index contributed by atoms with van der Waals surface area (Å²) in [6.07, 6.45) is 0. The first-order chi connectivity index (χ1) is 8.51. The van der Waals surface area contributed by atoms with Crippen LogP contribution in [0.2, 0.25) is 0 Å². The Kier molecular flexibility index (Phi) is 5.16. The summed E-state index contributed by atoms with van der Waals surface area (Å²) in [6.45, 7) is 6.23. The molecule has 0 aliphatic carbocycles. The van der Waals surface area contributed by atoms with Gasteiger partial charge >= 0.3 is 5.97 Å². The molecule has 1 unspecified atom stereocenters. The topological polar surface area (TPSA) is 61.5 Å². The number of hydrogen-bond acceptors (Lipinski definition) is 4. The average Bonchev–Trinajstić information content (AvgIpc) is 2.37. The molecule has 0 radical (unpaired) electrons. The van der Waals surface area contributed by atoms with Gasteiger partial charge in [-0.05, 0) is 36.1 Å². The van der Waals surface area contributed by atoms with E-state index in [9.17, 15) is 4.79 Å². The van der Waals surface area contributed by atoms with Crippen molar-refractivity contribution in [1.29, 1.82) is 0 Å². The zero-order valence-electron chi connectivity index (χ0n) is 11.4. The predicted molar refractivity (Wildman–Crippen MR) is 70.6 cm³/mol. The van der Waals surface area contributed by atoms with Crippen LogP contribution in [0.3, 0.4) is 0 Å². The quantitative estimate of drug-likeness (QED) is 0.816. The second kappa shape index (κ2) is 6.40. The number of methoxy groups -OCH3 is 1. The summed E-state index contributed by atoms with van der Waals surface area (Å²) in [4.78, 5) is 11.6. The molecule has 2 N–H and O–H groups in total. The third kappa shape index (κ3) is 3.23. The van der Waals surface area contributed by atoms with E-state index < -0.39 is 12.0 Å². The fraction of sp³-hybridized carbons (Fsp3) is 0.500. The fourth-order valence-electron chi connectivity index (χ4n) is 1.77. The van der Waals surface area contributed by atoms with E-state index in [0.717, 1.165) is 16.9 Å². The maximum absolute atomic E-state index is 11.6. The minimum atomic E-state index is -0.742. The number of nitrogens with two attached hydrogens (primary N) is 1. The Bertz CT molecular complexity index is 416. The van der Waals surface area contributed by atoms with Gasteiger partial charge in [0.1, 0.15) is 11.8 Å². The summed E-state index contributed by atoms with van der Waals surface area (Å²) in [5, 5.41) is 0. The number of benzene rings is 1. The first-order valence-corrected chi connectivity index (χ1v) is 6.11. The van der Waals surface area contributed by atoms with E-state index in [1.54, 1.807) is 20.1 Å². The van der Waals surface area contributed by atoms with E-state index in [0.29, 0.717) is 12.5 Å². The van der Waals surface area contributed by atoms with E-state index in [-0.39, 0.29) is 0 Å². The van der Waals surface area contributed by atoms with Crippen LogP contribution in [0.5, 0.6) is 5.75 Å². The molecule has 1 aromatic rings. The maximum Gasteiger partial charge on any atom is 0.327 e. The second-order valence-corrected chi connectivity index (χ2v) is 4.39. The van der Waals surface area contributed by atoms with E-state index in [1.807, 2.05) is 12.1 Å². The molecule has 0 aromatic heterocycles. The maximum atomic E-state index is 11.6. The number of rotatable bonds is 5. The van der Waals surface area contributed by atoms with Gasteiger partial charge < -0.3 is 15.2 Å². The predicted octanol–water partition coefficient (Wildman–Crippen LogP) is 2.38. The van der Waals surface area contributed by atoms with E-state index >= 15 is 0 Å². The van der Waals surface area contributed by atoms with Crippen LogP contribution in [0.15, 0.2) is 18.2 Å². The van der Waals surface area contributed by atoms with Crippen molar-refractivity contribution in [3.63, 3.8) is 0 Å². The Morgan fingerprint density at radius 1 is 1.39 bits per heavy atom. The van der Waals surface area contributed by atoms with Crippen LogP contribution in [0, 0.1) is 0 Å². The Hall–Kier alpha value is -1.55. The van der Waals surface area contributed by atoms with E-state index in [2.05, 4.69) is 13.8 Å². The molecule has 1 aromatic carbocycles. The summed E-state index contributed by atoms with van der Waals surface area (Å²) in [5.74, 6) is 0.705. The summed E-state index contributed by atoms with van der Waals surface area (Å²) < 4.78 is 10.2. The average molecular weight is 251 g/mol. The molecule has 0 spiro atoms. The number of carbonyl (C=O) groups is 1. The van der Waals surface area contributed by atoms with Crippen LogP contribution in [-0.2, 0) is 9.53 Å². The van der Waals surface area contributed by atoms with Gasteiger partial charge in [0.05, 0.1) is 13.7 Å². The van der Waals surface area contributed by atoms with Gasteiger partial charge in [0.15, 0.2) is 0 Å². The zero-order chi connectivity index (χ0) is 13.7. The third-order valence-corrected chi connectivity index (χ3v) is 2.78. The lowest BCUT2D eigenvalue weighted by Gasteiger charge is -2.16. The van der Waals surface area contributed by atoms with Crippen molar-refractivity contribution in [3.05, 3.63) is 29.3 Å². The van der Waals surface area contributed by atoms with Gasteiger partial charge in [-0.2, -0.15) is 0 Å². The molecule has 1 atom stereocenters. The van der Waals surface area contributed by atoms with Crippen LogP contribution >= 0.6 is 0 Å². The first-order valence-electron chi connectivity index (χ1n) is 6.11. The number of hydrogen-bond donors (Lipinski definition) is 1. The monoisotopic (exact) mass is 251 g/mol. The van der Waals surface area contributed by atoms with Gasteiger partial charge in [-0.15, -0.1) is 0 Å². The van der Waals surface area contributed by atoms with E-state index in [1.165, 1.54) is 0 Å². The highest BCUT2D eigenvalue weighted by Gasteiger charge is 2.19. The van der Waals surface area contributed by atoms with Gasteiger partial charge in [0, 0.05) is 0 Å². The summed E-state index contributed by atoms with van der Waals surface area (Å²) in [7, 11) is 1.63. The molecule has 4 heteroatoms. The minimum Gasteiger partial charge on any atom is -0.496 e. The molecule has 0 saturated heterocycles. The third-order valence-electron chi connectivity index (χ3n) is 2.78. The van der Waals surface area contributed by atoms with Crippen LogP contribution in [0.1, 0.15) is 43.9 Å². The highest BCUT2D eigenvalue weighted by molar-refractivity contribution is 5.77. The molecule has 0 saturated carbocycles. The molecular weight excluding hydrogens is 230 g/mol. The van der Waals surface area contributed by atoms with Gasteiger partial charge in [0.25, 0.3) is 0 Å². The zero-order valence-corrected chi connectivity index (χ0v) is 11.4. The standard InChI is InChI=1S/C14H21NO3/c1-5-18-14(16)13(15)10-6-7-12(17-4)11(8-10)9(2)3/h6-9,13H,5,15H2,1-4H3. The van der Waals surface area contributed by atoms with E-state index in [4.69, 9.17) is 15.2 Å².